The summed E-state index contributed by atoms with van der Waals surface area (Å²) >= 11 is 0. The molecule has 1 nitrogen and oxygen atoms in total. The van der Waals surface area contributed by atoms with E-state index in [-0.39, 0.29) is 0 Å². The third-order valence-electron chi connectivity index (χ3n) is 3.25. The molecule has 0 amide bonds. The molecule has 1 atom stereocenters. The smallest absolute Gasteiger partial charge is 0.0836 e. The van der Waals surface area contributed by atoms with E-state index < -0.39 is 6.10 Å². The van der Waals surface area contributed by atoms with Crippen LogP contribution in [-0.2, 0) is 6.42 Å². The van der Waals surface area contributed by atoms with Crippen molar-refractivity contribution in [2.45, 2.75) is 19.4 Å². The van der Waals surface area contributed by atoms with Gasteiger partial charge in [-0.25, -0.2) is 0 Å². The quantitative estimate of drug-likeness (QED) is 0.856. The molecule has 2 aromatic carbocycles. The molecule has 0 aliphatic carbocycles. The van der Waals surface area contributed by atoms with E-state index in [1.54, 1.807) is 6.08 Å². The Morgan fingerprint density at radius 3 is 2.50 bits per heavy atom. The highest BCUT2D eigenvalue weighted by Gasteiger charge is 2.12. The zero-order valence-corrected chi connectivity index (χ0v) is 10.6. The van der Waals surface area contributed by atoms with E-state index in [2.05, 4.69) is 25.6 Å². The van der Waals surface area contributed by atoms with Gasteiger partial charge in [0.05, 0.1) is 6.10 Å². The first kappa shape index (κ1) is 12.6. The Kier molecular flexibility index (Phi) is 3.96. The minimum atomic E-state index is -0.486. The van der Waals surface area contributed by atoms with Crippen molar-refractivity contribution < 1.29 is 5.11 Å². The van der Waals surface area contributed by atoms with E-state index >= 15 is 0 Å². The van der Waals surface area contributed by atoms with Crippen molar-refractivity contribution in [2.24, 2.45) is 0 Å². The lowest BCUT2D eigenvalue weighted by Crippen LogP contribution is -2.04. The summed E-state index contributed by atoms with van der Waals surface area (Å²) in [7, 11) is 0. The molecule has 0 saturated heterocycles. The lowest BCUT2D eigenvalue weighted by Gasteiger charge is -2.15. The lowest BCUT2D eigenvalue weighted by molar-refractivity contribution is 0.178. The molecule has 0 spiro atoms. The third kappa shape index (κ3) is 2.69. The zero-order valence-electron chi connectivity index (χ0n) is 10.6. The zero-order chi connectivity index (χ0) is 13.0. The fourth-order valence-electron chi connectivity index (χ4n) is 2.16. The molecule has 0 aromatic heterocycles. The van der Waals surface area contributed by atoms with Gasteiger partial charge in [-0.2, -0.15) is 0 Å². The number of rotatable bonds is 4. The molecule has 2 rings (SSSR count). The van der Waals surface area contributed by atoms with Crippen molar-refractivity contribution in [1.29, 1.82) is 0 Å². The molecule has 0 radical (unpaired) electrons. The standard InChI is InChI=1S/C17H18O/c1-3-14-9-6-7-11-16(14)17(18)12-15-10-5-4-8-13(15)2/h3-11,17-18H,1,12H2,2H3. The number of hydrogen-bond donors (Lipinski definition) is 1. The molecule has 1 heteroatoms. The summed E-state index contributed by atoms with van der Waals surface area (Å²) in [6, 6.07) is 16.0. The molecule has 0 bridgehead atoms. The van der Waals surface area contributed by atoms with Gasteiger partial charge in [0.15, 0.2) is 0 Å². The van der Waals surface area contributed by atoms with Gasteiger partial charge < -0.3 is 5.11 Å². The summed E-state index contributed by atoms with van der Waals surface area (Å²) in [6.45, 7) is 5.86. The minimum Gasteiger partial charge on any atom is -0.388 e. The van der Waals surface area contributed by atoms with Gasteiger partial charge in [0.25, 0.3) is 0 Å². The fraction of sp³-hybridized carbons (Fsp3) is 0.176. The van der Waals surface area contributed by atoms with Crippen molar-refractivity contribution in [3.63, 3.8) is 0 Å². The number of aliphatic hydroxyl groups is 1. The second kappa shape index (κ2) is 5.65. The Balaban J connectivity index is 2.25. The van der Waals surface area contributed by atoms with Crippen LogP contribution in [0.5, 0.6) is 0 Å². The first-order valence-corrected chi connectivity index (χ1v) is 6.16. The minimum absolute atomic E-state index is 0.486. The maximum absolute atomic E-state index is 10.4. The van der Waals surface area contributed by atoms with Crippen molar-refractivity contribution in [3.8, 4) is 0 Å². The number of hydrogen-bond acceptors (Lipinski definition) is 1. The Morgan fingerprint density at radius 1 is 1.11 bits per heavy atom. The topological polar surface area (TPSA) is 20.2 Å². The SMILES string of the molecule is C=Cc1ccccc1C(O)Cc1ccccc1C. The Hall–Kier alpha value is -1.86. The highest BCUT2D eigenvalue weighted by Crippen LogP contribution is 2.23. The van der Waals surface area contributed by atoms with Crippen LogP contribution >= 0.6 is 0 Å². The van der Waals surface area contributed by atoms with Crippen LogP contribution in [0.4, 0.5) is 0 Å². The summed E-state index contributed by atoms with van der Waals surface area (Å²) in [5.41, 5.74) is 4.34. The Labute approximate surface area is 108 Å². The van der Waals surface area contributed by atoms with Gasteiger partial charge >= 0.3 is 0 Å². The van der Waals surface area contributed by atoms with Crippen LogP contribution in [0.1, 0.15) is 28.4 Å². The van der Waals surface area contributed by atoms with Gasteiger partial charge in [0.1, 0.15) is 0 Å². The highest BCUT2D eigenvalue weighted by atomic mass is 16.3. The molecule has 0 aliphatic heterocycles. The molecule has 1 N–H and O–H groups in total. The number of aliphatic hydroxyl groups excluding tert-OH is 1. The third-order valence-corrected chi connectivity index (χ3v) is 3.25. The molecule has 2 aromatic rings. The predicted octanol–water partition coefficient (Wildman–Crippen LogP) is 3.91. The van der Waals surface area contributed by atoms with Crippen LogP contribution < -0.4 is 0 Å². The summed E-state index contributed by atoms with van der Waals surface area (Å²) < 4.78 is 0. The first-order chi connectivity index (χ1) is 8.72. The molecular weight excluding hydrogens is 220 g/mol. The first-order valence-electron chi connectivity index (χ1n) is 6.16. The molecule has 0 saturated carbocycles. The second-order valence-corrected chi connectivity index (χ2v) is 4.48. The van der Waals surface area contributed by atoms with Crippen LogP contribution in [0, 0.1) is 6.92 Å². The molecule has 18 heavy (non-hydrogen) atoms. The number of benzene rings is 2. The molecule has 92 valence electrons. The molecule has 0 heterocycles. The maximum Gasteiger partial charge on any atom is 0.0836 e. The van der Waals surface area contributed by atoms with E-state index in [4.69, 9.17) is 0 Å². The molecule has 1 unspecified atom stereocenters. The van der Waals surface area contributed by atoms with Gasteiger partial charge in [-0.15, -0.1) is 0 Å². The normalized spacial score (nSPS) is 12.1. The summed E-state index contributed by atoms with van der Waals surface area (Å²) in [4.78, 5) is 0. The highest BCUT2D eigenvalue weighted by molar-refractivity contribution is 5.52. The van der Waals surface area contributed by atoms with Crippen molar-refractivity contribution >= 4 is 6.08 Å². The summed E-state index contributed by atoms with van der Waals surface area (Å²) in [5, 5.41) is 10.4. The van der Waals surface area contributed by atoms with E-state index in [0.717, 1.165) is 11.1 Å². The predicted molar refractivity (Wildman–Crippen MR) is 76.4 cm³/mol. The molecule has 0 fully saturated rings. The van der Waals surface area contributed by atoms with Crippen LogP contribution in [-0.4, -0.2) is 5.11 Å². The maximum atomic E-state index is 10.4. The van der Waals surface area contributed by atoms with Crippen LogP contribution in [0.2, 0.25) is 0 Å². The van der Waals surface area contributed by atoms with Crippen molar-refractivity contribution in [1.82, 2.24) is 0 Å². The number of aryl methyl sites for hydroxylation is 1. The summed E-state index contributed by atoms with van der Waals surface area (Å²) in [6.07, 6.45) is 1.94. The van der Waals surface area contributed by atoms with Gasteiger partial charge in [0.2, 0.25) is 0 Å². The van der Waals surface area contributed by atoms with Crippen molar-refractivity contribution in [2.75, 3.05) is 0 Å². The fourth-order valence-corrected chi connectivity index (χ4v) is 2.16. The van der Waals surface area contributed by atoms with Crippen LogP contribution in [0.3, 0.4) is 0 Å². The monoisotopic (exact) mass is 238 g/mol. The van der Waals surface area contributed by atoms with Gasteiger partial charge in [-0.05, 0) is 29.2 Å². The van der Waals surface area contributed by atoms with Gasteiger partial charge in [-0.1, -0.05) is 61.2 Å². The largest absolute Gasteiger partial charge is 0.388 e. The van der Waals surface area contributed by atoms with Gasteiger partial charge in [-0.3, -0.25) is 0 Å². The lowest BCUT2D eigenvalue weighted by atomic mass is 9.95. The van der Waals surface area contributed by atoms with E-state index in [9.17, 15) is 5.11 Å². The molecular formula is C17H18O. The summed E-state index contributed by atoms with van der Waals surface area (Å²) in [5.74, 6) is 0. The van der Waals surface area contributed by atoms with E-state index in [0.29, 0.717) is 6.42 Å². The average Bonchev–Trinajstić information content (AvgIpc) is 2.41. The second-order valence-electron chi connectivity index (χ2n) is 4.48. The molecule has 0 aliphatic rings. The van der Waals surface area contributed by atoms with Gasteiger partial charge in [0, 0.05) is 6.42 Å². The Bertz CT molecular complexity index is 543. The average molecular weight is 238 g/mol. The van der Waals surface area contributed by atoms with E-state index in [1.165, 1.54) is 11.1 Å². The van der Waals surface area contributed by atoms with Crippen LogP contribution in [0.25, 0.3) is 6.08 Å². The Morgan fingerprint density at radius 2 is 1.78 bits per heavy atom. The van der Waals surface area contributed by atoms with E-state index in [1.807, 2.05) is 36.4 Å². The van der Waals surface area contributed by atoms with Crippen molar-refractivity contribution in [3.05, 3.63) is 77.4 Å². The van der Waals surface area contributed by atoms with Crippen LogP contribution in [0.15, 0.2) is 55.1 Å².